The molecule has 4 nitrogen and oxygen atoms in total. The third-order valence-corrected chi connectivity index (χ3v) is 2.21. The first-order valence-electron chi connectivity index (χ1n) is 3.74. The summed E-state index contributed by atoms with van der Waals surface area (Å²) in [6, 6.07) is 0.360. The molecule has 4 heteroatoms. The van der Waals surface area contributed by atoms with Gasteiger partial charge in [0.05, 0.1) is 5.69 Å². The minimum Gasteiger partial charge on any atom is -0.384 e. The van der Waals surface area contributed by atoms with Gasteiger partial charge in [-0.15, -0.1) is 0 Å². The summed E-state index contributed by atoms with van der Waals surface area (Å²) in [5.74, 6) is 0.789. The second-order valence-corrected chi connectivity index (χ2v) is 2.97. The summed E-state index contributed by atoms with van der Waals surface area (Å²) in [6.45, 7) is 2.95. The molecule has 2 heterocycles. The van der Waals surface area contributed by atoms with E-state index in [0.29, 0.717) is 6.04 Å². The molecule has 0 aromatic carbocycles. The van der Waals surface area contributed by atoms with Crippen molar-refractivity contribution in [2.75, 3.05) is 5.73 Å². The molecule has 0 saturated heterocycles. The van der Waals surface area contributed by atoms with Crippen molar-refractivity contribution in [3.05, 3.63) is 11.3 Å². The van der Waals surface area contributed by atoms with E-state index in [4.69, 9.17) is 5.73 Å². The number of nitrogen functional groups attached to an aromatic ring is 1. The predicted octanol–water partition coefficient (Wildman–Crippen LogP) is 0.166. The van der Waals surface area contributed by atoms with Crippen LogP contribution in [0, 0.1) is 0 Å². The van der Waals surface area contributed by atoms with Crippen molar-refractivity contribution in [3.63, 3.8) is 0 Å². The van der Waals surface area contributed by atoms with Crippen molar-refractivity contribution in [1.82, 2.24) is 15.1 Å². The number of fused-ring (bicyclic) bond motifs is 1. The fourth-order valence-corrected chi connectivity index (χ4v) is 1.57. The Morgan fingerprint density at radius 3 is 3.09 bits per heavy atom. The predicted molar refractivity (Wildman–Crippen MR) is 42.9 cm³/mol. The second kappa shape index (κ2) is 1.98. The van der Waals surface area contributed by atoms with Crippen LogP contribution in [0.15, 0.2) is 0 Å². The molecule has 3 N–H and O–H groups in total. The SMILES string of the molecule is CC1NCc2nn(C)c(N)c21. The van der Waals surface area contributed by atoms with Gasteiger partial charge in [0.15, 0.2) is 0 Å². The summed E-state index contributed by atoms with van der Waals surface area (Å²) >= 11 is 0. The lowest BCUT2D eigenvalue weighted by Crippen LogP contribution is -2.11. The van der Waals surface area contributed by atoms with Gasteiger partial charge in [-0.1, -0.05) is 0 Å². The molecule has 1 aromatic rings. The topological polar surface area (TPSA) is 55.9 Å². The number of aryl methyl sites for hydroxylation is 1. The number of aromatic nitrogens is 2. The lowest BCUT2D eigenvalue weighted by Gasteiger charge is -2.04. The summed E-state index contributed by atoms with van der Waals surface area (Å²) < 4.78 is 1.74. The highest BCUT2D eigenvalue weighted by Gasteiger charge is 2.24. The van der Waals surface area contributed by atoms with Crippen molar-refractivity contribution < 1.29 is 0 Å². The number of nitrogens with zero attached hydrogens (tertiary/aromatic N) is 2. The van der Waals surface area contributed by atoms with Gasteiger partial charge in [0.1, 0.15) is 5.82 Å². The first kappa shape index (κ1) is 6.67. The Labute approximate surface area is 65.4 Å². The number of hydrogen-bond acceptors (Lipinski definition) is 3. The van der Waals surface area contributed by atoms with Crippen LogP contribution < -0.4 is 11.1 Å². The van der Waals surface area contributed by atoms with E-state index in [1.807, 2.05) is 7.05 Å². The fourth-order valence-electron chi connectivity index (χ4n) is 1.57. The van der Waals surface area contributed by atoms with E-state index in [1.54, 1.807) is 4.68 Å². The van der Waals surface area contributed by atoms with Gasteiger partial charge in [0.2, 0.25) is 0 Å². The fraction of sp³-hybridized carbons (Fsp3) is 0.571. The molecule has 11 heavy (non-hydrogen) atoms. The summed E-state index contributed by atoms with van der Waals surface area (Å²) in [5, 5.41) is 7.55. The maximum Gasteiger partial charge on any atom is 0.126 e. The molecule has 0 fully saturated rings. The highest BCUT2D eigenvalue weighted by Crippen LogP contribution is 2.28. The minimum atomic E-state index is 0.360. The smallest absolute Gasteiger partial charge is 0.126 e. The molecule has 0 amide bonds. The Kier molecular flexibility index (Phi) is 1.20. The van der Waals surface area contributed by atoms with Crippen LogP contribution in [0.3, 0.4) is 0 Å². The number of anilines is 1. The van der Waals surface area contributed by atoms with Gasteiger partial charge >= 0.3 is 0 Å². The lowest BCUT2D eigenvalue weighted by atomic mass is 10.2. The number of rotatable bonds is 0. The molecule has 1 aromatic heterocycles. The number of nitrogens with two attached hydrogens (primary N) is 1. The van der Waals surface area contributed by atoms with Crippen LogP contribution >= 0.6 is 0 Å². The van der Waals surface area contributed by atoms with Crippen LogP contribution in [0.2, 0.25) is 0 Å². The van der Waals surface area contributed by atoms with Gasteiger partial charge in [-0.2, -0.15) is 5.10 Å². The average Bonchev–Trinajstić information content (AvgIpc) is 2.41. The molecule has 0 aliphatic carbocycles. The van der Waals surface area contributed by atoms with E-state index in [2.05, 4.69) is 17.3 Å². The molecule has 0 spiro atoms. The van der Waals surface area contributed by atoms with Gasteiger partial charge in [0.25, 0.3) is 0 Å². The van der Waals surface area contributed by atoms with E-state index in [1.165, 1.54) is 5.56 Å². The molecule has 0 saturated carbocycles. The number of hydrogen-bond donors (Lipinski definition) is 2. The summed E-state index contributed by atoms with van der Waals surface area (Å²) in [6.07, 6.45) is 0. The molecular weight excluding hydrogens is 140 g/mol. The van der Waals surface area contributed by atoms with Crippen LogP contribution in [0.1, 0.15) is 24.2 Å². The third kappa shape index (κ3) is 0.758. The van der Waals surface area contributed by atoms with Gasteiger partial charge < -0.3 is 11.1 Å². The zero-order valence-corrected chi connectivity index (χ0v) is 6.76. The molecule has 1 aliphatic heterocycles. The van der Waals surface area contributed by atoms with Crippen molar-refractivity contribution >= 4 is 5.82 Å². The Morgan fingerprint density at radius 1 is 1.73 bits per heavy atom. The van der Waals surface area contributed by atoms with E-state index in [-0.39, 0.29) is 0 Å². The maximum absolute atomic E-state index is 5.80. The van der Waals surface area contributed by atoms with Gasteiger partial charge in [-0.05, 0) is 6.92 Å². The molecule has 1 unspecified atom stereocenters. The largest absolute Gasteiger partial charge is 0.384 e. The maximum atomic E-state index is 5.80. The second-order valence-electron chi connectivity index (χ2n) is 2.97. The Hall–Kier alpha value is -1.03. The van der Waals surface area contributed by atoms with Crippen molar-refractivity contribution in [1.29, 1.82) is 0 Å². The van der Waals surface area contributed by atoms with Crippen molar-refractivity contribution in [2.24, 2.45) is 7.05 Å². The average molecular weight is 152 g/mol. The van der Waals surface area contributed by atoms with E-state index in [9.17, 15) is 0 Å². The zero-order chi connectivity index (χ0) is 8.01. The highest BCUT2D eigenvalue weighted by molar-refractivity contribution is 5.47. The Morgan fingerprint density at radius 2 is 2.45 bits per heavy atom. The van der Waals surface area contributed by atoms with Gasteiger partial charge in [-0.3, -0.25) is 4.68 Å². The molecule has 1 aliphatic rings. The van der Waals surface area contributed by atoms with E-state index < -0.39 is 0 Å². The Balaban J connectivity index is 2.58. The van der Waals surface area contributed by atoms with E-state index >= 15 is 0 Å². The molecular formula is C7H12N4. The standard InChI is InChI=1S/C7H12N4/c1-4-6-5(3-9-4)10-11(2)7(6)8/h4,9H,3,8H2,1-2H3. The summed E-state index contributed by atoms with van der Waals surface area (Å²) in [4.78, 5) is 0. The van der Waals surface area contributed by atoms with Crippen molar-refractivity contribution in [3.8, 4) is 0 Å². The Bertz CT molecular complexity index is 289. The molecule has 0 radical (unpaired) electrons. The highest BCUT2D eigenvalue weighted by atomic mass is 15.3. The van der Waals surface area contributed by atoms with Gasteiger partial charge in [0, 0.05) is 25.2 Å². The normalized spacial score (nSPS) is 22.2. The van der Waals surface area contributed by atoms with Crippen molar-refractivity contribution in [2.45, 2.75) is 19.5 Å². The lowest BCUT2D eigenvalue weighted by molar-refractivity contribution is 0.612. The first-order chi connectivity index (χ1) is 5.20. The molecule has 2 rings (SSSR count). The number of nitrogens with one attached hydrogen (secondary N) is 1. The monoisotopic (exact) mass is 152 g/mol. The zero-order valence-electron chi connectivity index (χ0n) is 6.76. The molecule has 0 bridgehead atoms. The quantitative estimate of drug-likeness (QED) is 0.557. The van der Waals surface area contributed by atoms with Crippen LogP contribution in [0.4, 0.5) is 5.82 Å². The molecule has 1 atom stereocenters. The van der Waals surface area contributed by atoms with Gasteiger partial charge in [-0.25, -0.2) is 0 Å². The molecule has 60 valence electrons. The third-order valence-electron chi connectivity index (χ3n) is 2.21. The van der Waals surface area contributed by atoms with E-state index in [0.717, 1.165) is 18.1 Å². The van der Waals surface area contributed by atoms with Crippen LogP contribution in [0.25, 0.3) is 0 Å². The van der Waals surface area contributed by atoms with Crippen LogP contribution in [-0.4, -0.2) is 9.78 Å². The minimum absolute atomic E-state index is 0.360. The summed E-state index contributed by atoms with van der Waals surface area (Å²) in [5.41, 5.74) is 8.07. The summed E-state index contributed by atoms with van der Waals surface area (Å²) in [7, 11) is 1.88. The first-order valence-corrected chi connectivity index (χ1v) is 3.74. The van der Waals surface area contributed by atoms with Crippen LogP contribution in [0.5, 0.6) is 0 Å². The van der Waals surface area contributed by atoms with Crippen LogP contribution in [-0.2, 0) is 13.6 Å².